The molecule has 2 rings (SSSR count). The molecule has 1 atom stereocenters. The van der Waals surface area contributed by atoms with Crippen LogP contribution in [0, 0.1) is 6.92 Å². The predicted octanol–water partition coefficient (Wildman–Crippen LogP) is 2.96. The van der Waals surface area contributed by atoms with Crippen molar-refractivity contribution in [2.45, 2.75) is 32.7 Å². The lowest BCUT2D eigenvalue weighted by atomic mass is 10.0. The number of nitrogens with zero attached hydrogens (tertiary/aromatic N) is 2. The Morgan fingerprint density at radius 1 is 1.14 bits per heavy atom. The standard InChI is InChI=1S/C18H25N3/c1-14-12-17(13-15(2)19)4-5-18(14)21(3)11-8-16-6-9-20-10-7-16/h4-7,9-10,12,15H,8,11,13,19H2,1-3H3. The largest absolute Gasteiger partial charge is 0.374 e. The second-order valence-electron chi connectivity index (χ2n) is 5.83. The van der Waals surface area contributed by atoms with Crippen molar-refractivity contribution in [3.8, 4) is 0 Å². The number of aryl methyl sites for hydroxylation is 1. The van der Waals surface area contributed by atoms with Crippen molar-refractivity contribution in [2.75, 3.05) is 18.5 Å². The van der Waals surface area contributed by atoms with Gasteiger partial charge in [0.2, 0.25) is 0 Å². The molecule has 1 heterocycles. The van der Waals surface area contributed by atoms with Crippen LogP contribution in [0.5, 0.6) is 0 Å². The lowest BCUT2D eigenvalue weighted by Crippen LogP contribution is -2.22. The quantitative estimate of drug-likeness (QED) is 0.886. The van der Waals surface area contributed by atoms with Crippen molar-refractivity contribution in [1.29, 1.82) is 0 Å². The summed E-state index contributed by atoms with van der Waals surface area (Å²) >= 11 is 0. The first-order valence-corrected chi connectivity index (χ1v) is 7.51. The first-order valence-electron chi connectivity index (χ1n) is 7.51. The maximum absolute atomic E-state index is 5.87. The molecule has 0 spiro atoms. The summed E-state index contributed by atoms with van der Waals surface area (Å²) < 4.78 is 0. The highest BCUT2D eigenvalue weighted by Crippen LogP contribution is 2.21. The highest BCUT2D eigenvalue weighted by molar-refractivity contribution is 5.54. The van der Waals surface area contributed by atoms with Crippen LogP contribution in [0.3, 0.4) is 0 Å². The molecule has 0 aliphatic rings. The Kier molecular flexibility index (Phi) is 5.34. The van der Waals surface area contributed by atoms with Gasteiger partial charge in [-0.1, -0.05) is 12.1 Å². The van der Waals surface area contributed by atoms with Gasteiger partial charge in [0, 0.05) is 37.7 Å². The first kappa shape index (κ1) is 15.5. The van der Waals surface area contributed by atoms with E-state index < -0.39 is 0 Å². The van der Waals surface area contributed by atoms with Crippen LogP contribution in [-0.4, -0.2) is 24.6 Å². The summed E-state index contributed by atoms with van der Waals surface area (Å²) in [7, 11) is 2.15. The molecule has 0 amide bonds. The SMILES string of the molecule is Cc1cc(CC(C)N)ccc1N(C)CCc1ccncc1. The number of aromatic nitrogens is 1. The number of rotatable bonds is 6. The molecule has 2 N–H and O–H groups in total. The van der Waals surface area contributed by atoms with Crippen molar-refractivity contribution in [1.82, 2.24) is 4.98 Å². The van der Waals surface area contributed by atoms with E-state index in [2.05, 4.69) is 54.2 Å². The highest BCUT2D eigenvalue weighted by Gasteiger charge is 2.07. The summed E-state index contributed by atoms with van der Waals surface area (Å²) in [6, 6.07) is 11.0. The third-order valence-corrected chi connectivity index (χ3v) is 3.72. The molecule has 112 valence electrons. The minimum absolute atomic E-state index is 0.208. The molecular formula is C18H25N3. The Bertz CT molecular complexity index is 564. The van der Waals surface area contributed by atoms with Crippen LogP contribution < -0.4 is 10.6 Å². The number of likely N-dealkylation sites (N-methyl/N-ethyl adjacent to an activating group) is 1. The number of hydrogen-bond acceptors (Lipinski definition) is 3. The average molecular weight is 283 g/mol. The Morgan fingerprint density at radius 2 is 1.86 bits per heavy atom. The lowest BCUT2D eigenvalue weighted by Gasteiger charge is -2.22. The molecule has 21 heavy (non-hydrogen) atoms. The summed E-state index contributed by atoms with van der Waals surface area (Å²) in [4.78, 5) is 6.37. The Hall–Kier alpha value is -1.87. The van der Waals surface area contributed by atoms with Gasteiger partial charge in [-0.3, -0.25) is 4.98 Å². The number of nitrogens with two attached hydrogens (primary N) is 1. The summed E-state index contributed by atoms with van der Waals surface area (Å²) in [6.07, 6.45) is 5.66. The number of anilines is 1. The molecule has 1 aromatic carbocycles. The maximum Gasteiger partial charge on any atom is 0.0393 e. The molecule has 0 saturated heterocycles. The average Bonchev–Trinajstić information content (AvgIpc) is 2.45. The van der Waals surface area contributed by atoms with E-state index in [4.69, 9.17) is 5.73 Å². The van der Waals surface area contributed by atoms with E-state index in [1.54, 1.807) is 0 Å². The molecule has 0 aliphatic heterocycles. The second kappa shape index (κ2) is 7.23. The van der Waals surface area contributed by atoms with E-state index in [9.17, 15) is 0 Å². The fourth-order valence-electron chi connectivity index (χ4n) is 2.61. The molecule has 1 aromatic heterocycles. The minimum Gasteiger partial charge on any atom is -0.374 e. The second-order valence-corrected chi connectivity index (χ2v) is 5.83. The van der Waals surface area contributed by atoms with Crippen LogP contribution in [0.1, 0.15) is 23.6 Å². The van der Waals surface area contributed by atoms with Crippen LogP contribution in [0.4, 0.5) is 5.69 Å². The van der Waals surface area contributed by atoms with Crippen molar-refractivity contribution < 1.29 is 0 Å². The zero-order chi connectivity index (χ0) is 15.2. The summed E-state index contributed by atoms with van der Waals surface area (Å²) in [5.41, 5.74) is 11.1. The number of benzene rings is 1. The van der Waals surface area contributed by atoms with Gasteiger partial charge < -0.3 is 10.6 Å². The molecule has 0 fully saturated rings. The van der Waals surface area contributed by atoms with Gasteiger partial charge in [-0.2, -0.15) is 0 Å². The molecule has 0 bridgehead atoms. The lowest BCUT2D eigenvalue weighted by molar-refractivity contribution is 0.737. The Morgan fingerprint density at radius 3 is 2.48 bits per heavy atom. The zero-order valence-electron chi connectivity index (χ0n) is 13.2. The van der Waals surface area contributed by atoms with Gasteiger partial charge >= 0.3 is 0 Å². The van der Waals surface area contributed by atoms with Gasteiger partial charge in [0.25, 0.3) is 0 Å². The molecule has 0 saturated carbocycles. The zero-order valence-corrected chi connectivity index (χ0v) is 13.2. The fourth-order valence-corrected chi connectivity index (χ4v) is 2.61. The summed E-state index contributed by atoms with van der Waals surface area (Å²) in [5, 5.41) is 0. The van der Waals surface area contributed by atoms with Crippen molar-refractivity contribution in [2.24, 2.45) is 5.73 Å². The first-order chi connectivity index (χ1) is 10.1. The third-order valence-electron chi connectivity index (χ3n) is 3.72. The normalized spacial score (nSPS) is 12.2. The number of hydrogen-bond donors (Lipinski definition) is 1. The van der Waals surface area contributed by atoms with Gasteiger partial charge in [-0.25, -0.2) is 0 Å². The van der Waals surface area contributed by atoms with Gasteiger partial charge in [0.05, 0.1) is 0 Å². The minimum atomic E-state index is 0.208. The van der Waals surface area contributed by atoms with E-state index >= 15 is 0 Å². The van der Waals surface area contributed by atoms with Crippen LogP contribution in [0.2, 0.25) is 0 Å². The Balaban J connectivity index is 2.00. The summed E-state index contributed by atoms with van der Waals surface area (Å²) in [6.45, 7) is 5.21. The summed E-state index contributed by atoms with van der Waals surface area (Å²) in [5.74, 6) is 0. The van der Waals surface area contributed by atoms with Crippen LogP contribution >= 0.6 is 0 Å². The topological polar surface area (TPSA) is 42.1 Å². The molecule has 3 nitrogen and oxygen atoms in total. The molecule has 0 aliphatic carbocycles. The van der Waals surface area contributed by atoms with Crippen molar-refractivity contribution >= 4 is 5.69 Å². The Labute approximate surface area is 127 Å². The maximum atomic E-state index is 5.87. The van der Waals surface area contributed by atoms with E-state index in [0.717, 1.165) is 19.4 Å². The number of pyridine rings is 1. The van der Waals surface area contributed by atoms with Gasteiger partial charge in [0.1, 0.15) is 0 Å². The van der Waals surface area contributed by atoms with E-state index in [1.807, 2.05) is 19.3 Å². The van der Waals surface area contributed by atoms with Crippen LogP contribution in [0.15, 0.2) is 42.7 Å². The molecule has 2 aromatic rings. The predicted molar refractivity (Wildman–Crippen MR) is 89.7 cm³/mol. The van der Waals surface area contributed by atoms with E-state index in [0.29, 0.717) is 0 Å². The van der Waals surface area contributed by atoms with Gasteiger partial charge in [-0.05, 0) is 61.6 Å². The molecule has 3 heteroatoms. The van der Waals surface area contributed by atoms with Crippen LogP contribution in [-0.2, 0) is 12.8 Å². The van der Waals surface area contributed by atoms with Crippen LogP contribution in [0.25, 0.3) is 0 Å². The van der Waals surface area contributed by atoms with E-state index in [-0.39, 0.29) is 6.04 Å². The molecule has 0 radical (unpaired) electrons. The molecular weight excluding hydrogens is 258 g/mol. The fraction of sp³-hybridized carbons (Fsp3) is 0.389. The van der Waals surface area contributed by atoms with Gasteiger partial charge in [-0.15, -0.1) is 0 Å². The molecule has 1 unspecified atom stereocenters. The van der Waals surface area contributed by atoms with E-state index in [1.165, 1.54) is 22.4 Å². The smallest absolute Gasteiger partial charge is 0.0393 e. The monoisotopic (exact) mass is 283 g/mol. The van der Waals surface area contributed by atoms with Crippen molar-refractivity contribution in [3.63, 3.8) is 0 Å². The highest BCUT2D eigenvalue weighted by atomic mass is 15.1. The van der Waals surface area contributed by atoms with Gasteiger partial charge in [0.15, 0.2) is 0 Å². The third kappa shape index (κ3) is 4.57. The van der Waals surface area contributed by atoms with Crippen molar-refractivity contribution in [3.05, 3.63) is 59.4 Å².